The Bertz CT molecular complexity index is 8510. The van der Waals surface area contributed by atoms with Crippen LogP contribution in [-0.4, -0.2) is 44.1 Å². The third kappa shape index (κ3) is 2.38. The molecule has 0 saturated carbocycles. The number of nitrogens with zero attached hydrogens (tertiary/aromatic N) is 4. The summed E-state index contributed by atoms with van der Waals surface area (Å²) < 4.78 is 44.4. The van der Waals surface area contributed by atoms with Crippen LogP contribution in [0.15, 0.2) is 27.8 Å². The summed E-state index contributed by atoms with van der Waals surface area (Å²) in [5.74, 6) is 0.0996. The van der Waals surface area contributed by atoms with Crippen LogP contribution >= 0.6 is 0 Å². The molecule has 0 radical (unpaired) electrons. The average Bonchev–Trinajstić information content (AvgIpc) is 1.38. The molecule has 1 saturated heterocycles. The van der Waals surface area contributed by atoms with Gasteiger partial charge in [0.15, 0.2) is 11.5 Å². The molecule has 29 aromatic rings. The molecule has 0 bridgehead atoms. The van der Waals surface area contributed by atoms with Gasteiger partial charge in [0.2, 0.25) is 0 Å². The number of likely N-dealkylation sites (tertiary alicyclic amines) is 1. The Morgan fingerprint density at radius 2 is 0.764 bits per heavy atom. The summed E-state index contributed by atoms with van der Waals surface area (Å²) in [4.78, 5) is 40.1. The summed E-state index contributed by atoms with van der Waals surface area (Å²) in [6.45, 7) is 1.30. The molecule has 7 nitrogen and oxygen atoms in total. The molecule has 89 heavy (non-hydrogen) atoms. The second-order valence-electron chi connectivity index (χ2n) is 30.8. The van der Waals surface area contributed by atoms with Crippen LogP contribution in [0.5, 0.6) is 0 Å². The van der Waals surface area contributed by atoms with Crippen LogP contribution in [0.25, 0.3) is 313 Å². The number of halogens is 3. The quantitative estimate of drug-likeness (QED) is 0.102. The van der Waals surface area contributed by atoms with Gasteiger partial charge in [0, 0.05) is 19.1 Å². The first kappa shape index (κ1) is 37.4. The monoisotopic (exact) mass is 1130 g/mol. The molecule has 7 aliphatic rings. The lowest BCUT2D eigenvalue weighted by molar-refractivity contribution is -0.137. The van der Waals surface area contributed by atoms with Gasteiger partial charge in [0.1, 0.15) is 0 Å². The fourth-order valence-electron chi connectivity index (χ4n) is 28.6. The molecule has 4 aliphatic carbocycles. The molecule has 3 aliphatic heterocycles. The fraction of sp³-hybridized carbons (Fsp3) is 0.139. The highest BCUT2D eigenvalue weighted by Crippen LogP contribution is 2.86. The van der Waals surface area contributed by atoms with E-state index in [0.717, 1.165) is 37.9 Å². The largest absolute Gasteiger partial charge is 0.416 e. The van der Waals surface area contributed by atoms with E-state index in [2.05, 4.69) is 26.9 Å². The Morgan fingerprint density at radius 1 is 0.438 bits per heavy atom. The van der Waals surface area contributed by atoms with Crippen molar-refractivity contribution in [2.24, 2.45) is 0 Å². The van der Waals surface area contributed by atoms with Crippen molar-refractivity contribution in [2.75, 3.05) is 13.6 Å². The van der Waals surface area contributed by atoms with E-state index in [1.54, 1.807) is 318 Å². The van der Waals surface area contributed by atoms with E-state index in [0.29, 0.717) is 18.5 Å². The second kappa shape index (κ2) is 9.14. The fourth-order valence-corrected chi connectivity index (χ4v) is 28.6. The van der Waals surface area contributed by atoms with Crippen molar-refractivity contribution >= 4 is 302 Å². The summed E-state index contributed by atoms with van der Waals surface area (Å²) in [5.41, 5.74) is 3.88. The zero-order valence-corrected chi connectivity index (χ0v) is 45.8. The number of hydrogen-bond acceptors (Lipinski definition) is 5. The van der Waals surface area contributed by atoms with E-state index < -0.39 is 28.4 Å². The summed E-state index contributed by atoms with van der Waals surface area (Å²) in [5, 5.41) is 86.2. The van der Waals surface area contributed by atoms with Gasteiger partial charge in [0.25, 0.3) is 5.56 Å². The lowest BCUT2D eigenvalue weighted by Gasteiger charge is -2.52. The molecule has 3 heterocycles. The van der Waals surface area contributed by atoms with Gasteiger partial charge in [-0.3, -0.25) is 9.78 Å². The molecular weight excluding hydrogens is 1110 g/mol. The van der Waals surface area contributed by atoms with E-state index in [1.807, 2.05) is 0 Å². The van der Waals surface area contributed by atoms with E-state index in [1.165, 1.54) is 6.07 Å². The lowest BCUT2D eigenvalue weighted by Crippen LogP contribution is -2.54. The van der Waals surface area contributed by atoms with Crippen LogP contribution in [0, 0.1) is 0 Å². The number of rotatable bonds is 6. The first-order valence-corrected chi connectivity index (χ1v) is 32.2. The predicted octanol–water partition coefficient (Wildman–Crippen LogP) is 18.8. The highest BCUT2D eigenvalue weighted by Gasteiger charge is 2.75. The van der Waals surface area contributed by atoms with Crippen molar-refractivity contribution in [3.05, 3.63) is 66.9 Å². The smallest absolute Gasteiger partial charge is 0.322 e. The number of hydrogen-bond donors (Lipinski definition) is 1. The van der Waals surface area contributed by atoms with Gasteiger partial charge in [-0.2, -0.15) is 18.2 Å². The number of alkyl halides is 3. The number of H-pyrrole nitrogens is 1. The van der Waals surface area contributed by atoms with E-state index in [-0.39, 0.29) is 28.5 Å². The highest BCUT2D eigenvalue weighted by atomic mass is 19.4. The first-order valence-electron chi connectivity index (χ1n) is 32.2. The maximum absolute atomic E-state index is 14.2. The standard InChI is InChI=1S/C79H20F3N5O2/c1-86-10-77-69-61-53-43-33-25-17-15-16-19-23-21(17)29-37-31(23)41-35-27(19)28-20(16)24-22-18(15)26(25)34-40-30(22)38-32(24)42-36(28)46-45(35)57-51(41)59-49(37)55(47(53)39(29)33)63(69)65(59)71-67(57)68-58(46)52(42)60-50(38)56-48(40)54(44(34)43)62(61)70(77)64(56)66(60)72(68)78(71,77)14(86)5-3-2-4-8-87-13-7-6-11(79(80,81)82)9-12(13)83-73-74(87)84-76(89)85-75(73)88/h6-7,9,14H,2-5,8,10H2,1H3,(H,85,88,89). The van der Waals surface area contributed by atoms with E-state index in [4.69, 9.17) is 0 Å². The molecule has 10 heteroatoms. The Balaban J connectivity index is 0.774. The van der Waals surface area contributed by atoms with Gasteiger partial charge < -0.3 is 9.47 Å². The van der Waals surface area contributed by atoms with Gasteiger partial charge in [0.05, 0.1) is 27.4 Å². The molecule has 1 atom stereocenters. The topological polar surface area (TPSA) is 83.9 Å². The first-order chi connectivity index (χ1) is 43.7. The zero-order valence-electron chi connectivity index (χ0n) is 45.8. The van der Waals surface area contributed by atoms with Crippen LogP contribution in [0.3, 0.4) is 0 Å². The summed E-state index contributed by atoms with van der Waals surface area (Å²) in [6, 6.07) is 3.63. The van der Waals surface area contributed by atoms with E-state index >= 15 is 0 Å². The van der Waals surface area contributed by atoms with Crippen molar-refractivity contribution < 1.29 is 13.2 Å². The molecule has 36 rings (SSSR count). The van der Waals surface area contributed by atoms with Crippen molar-refractivity contribution in [3.8, 4) is 11.5 Å². The number of nitrogens with one attached hydrogen (secondary N) is 1. The number of aromatic nitrogens is 4. The minimum absolute atomic E-state index is 0.0470. The van der Waals surface area contributed by atoms with Gasteiger partial charge in [-0.25, -0.2) is 9.78 Å². The Labute approximate surface area is 484 Å². The number of benzene rings is 19. The summed E-state index contributed by atoms with van der Waals surface area (Å²) in [7, 11) is 2.50. The van der Waals surface area contributed by atoms with Gasteiger partial charge in [-0.1, -0.05) is 12.8 Å². The van der Waals surface area contributed by atoms with Crippen molar-refractivity contribution in [3.63, 3.8) is 0 Å². The van der Waals surface area contributed by atoms with Gasteiger partial charge in [-0.15, -0.1) is 0 Å². The summed E-state index contributed by atoms with van der Waals surface area (Å²) in [6.07, 6.45) is -1.23. The molecule has 0 aromatic heterocycles. The molecule has 1 fully saturated rings. The molecule has 2 spiro atoms. The molecule has 1 N–H and O–H groups in total. The van der Waals surface area contributed by atoms with Gasteiger partial charge in [-0.05, 0) is 351 Å². The Kier molecular flexibility index (Phi) is 3.84. The number of likely N-dealkylation sites (N-methyl/N-ethyl adjacent to an activating group) is 1. The maximum Gasteiger partial charge on any atom is 0.416 e. The summed E-state index contributed by atoms with van der Waals surface area (Å²) >= 11 is 0. The zero-order chi connectivity index (χ0) is 55.2. The van der Waals surface area contributed by atoms with Crippen molar-refractivity contribution in [2.45, 2.75) is 55.3 Å². The molecule has 29 aromatic carbocycles. The normalized spacial score (nSPS) is 21.7. The number of aromatic amines is 1. The Morgan fingerprint density at radius 3 is 1.10 bits per heavy atom. The predicted molar refractivity (Wildman–Crippen MR) is 355 cm³/mol. The number of fused-ring (bicyclic) bond motifs is 2. The van der Waals surface area contributed by atoms with Crippen LogP contribution < -0.4 is 11.2 Å². The van der Waals surface area contributed by atoms with Crippen molar-refractivity contribution in [1.82, 2.24) is 24.4 Å². The lowest BCUT2D eigenvalue weighted by atomic mass is 9.48. The maximum atomic E-state index is 14.2. The minimum atomic E-state index is -4.60. The highest BCUT2D eigenvalue weighted by molar-refractivity contribution is 6.82. The third-order valence-electron chi connectivity index (χ3n) is 29.4. The SMILES string of the molecule is CN1CC23c4c5c6c7c8c9c(c%10c%11c2c2c4c4c%12c5c5c6c6c8c8c%13c9c9c%10c%10c%11c%11c2c2c4c4c%12c%12c5c5c6c8c6c8c%13c9c9c%10c%10c%11c2c2c4c4c%12c5c6c5c8c9c%10c2c45)C73C1CCCCCn1c2nc(=O)[nH]c(=O)c-2nc2cc(C(F)(F)F)ccc21. The molecule has 0 amide bonds. The number of aryl methyl sites for hydroxylation is 1. The second-order valence-corrected chi connectivity index (χ2v) is 30.8. The Hall–Kier alpha value is -10.3. The minimum Gasteiger partial charge on any atom is -0.322 e. The third-order valence-corrected chi connectivity index (χ3v) is 29.4. The number of unbranched alkanes of at least 4 members (excludes halogenated alkanes) is 2. The van der Waals surface area contributed by atoms with Gasteiger partial charge >= 0.3 is 11.9 Å². The molecule has 1 unspecified atom stereocenters. The molecule has 394 valence electrons. The van der Waals surface area contributed by atoms with Crippen LogP contribution in [0.2, 0.25) is 0 Å². The van der Waals surface area contributed by atoms with Crippen LogP contribution in [0.1, 0.15) is 53.5 Å². The van der Waals surface area contributed by atoms with Crippen molar-refractivity contribution in [1.29, 1.82) is 0 Å². The van der Waals surface area contributed by atoms with Crippen LogP contribution in [0.4, 0.5) is 13.2 Å². The van der Waals surface area contributed by atoms with Crippen LogP contribution in [-0.2, 0) is 23.6 Å². The average molecular weight is 1130 g/mol. The molecular formula is C79H20F3N5O2. The van der Waals surface area contributed by atoms with E-state index in [9.17, 15) is 22.8 Å².